The quantitative estimate of drug-likeness (QED) is 0.505. The smallest absolute Gasteiger partial charge is 0.249 e. The van der Waals surface area contributed by atoms with Gasteiger partial charge in [-0.25, -0.2) is 0 Å². The molecule has 0 aliphatic carbocycles. The van der Waals surface area contributed by atoms with Crippen molar-refractivity contribution in [3.8, 4) is 0 Å². The number of rotatable bonds is 9. The van der Waals surface area contributed by atoms with E-state index in [4.69, 9.17) is 28.2 Å². The van der Waals surface area contributed by atoms with E-state index in [1.165, 1.54) is 0 Å². The van der Waals surface area contributed by atoms with Gasteiger partial charge in [0.25, 0.3) is 0 Å². The molecule has 11 heteroatoms. The Kier molecular flexibility index (Phi) is 8.74. The van der Waals surface area contributed by atoms with Crippen LogP contribution in [0.2, 0.25) is 78.6 Å². The summed E-state index contributed by atoms with van der Waals surface area (Å²) in [5, 5.41) is 0. The van der Waals surface area contributed by atoms with Gasteiger partial charge in [-0.2, -0.15) is 0 Å². The number of carbonyl (C=O) groups excluding carboxylic acids is 1. The number of nitrogens with two attached hydrogens (primary N) is 1. The maximum Gasteiger partial charge on any atom is 0.249 e. The summed E-state index contributed by atoms with van der Waals surface area (Å²) in [6, 6.07) is 0. The summed E-state index contributed by atoms with van der Waals surface area (Å²) in [5.41, 5.74) is 5.75. The minimum absolute atomic E-state index is 0.475. The summed E-state index contributed by atoms with van der Waals surface area (Å²) in [5.74, 6) is -0.562. The molecule has 7 nitrogen and oxygen atoms in total. The normalized spacial score (nSPS) is 29.7. The minimum atomic E-state index is -2.04. The Morgan fingerprint density at radius 2 is 0.966 bits per heavy atom. The standard InChI is InChI=1S/C18H43NO6Si4/c1-26(2,3)22-13-14(23-27(4,5)6)16(24-28(7,8)9)18(25-29(10,11)12)21-15(13)17(19)20/h13-16,18H,1-12H3,(H2,19,20). The van der Waals surface area contributed by atoms with Gasteiger partial charge in [0.15, 0.2) is 45.7 Å². The lowest BCUT2D eigenvalue weighted by molar-refractivity contribution is -0.257. The second-order valence-corrected chi connectivity index (χ2v) is 29.5. The second-order valence-electron chi connectivity index (χ2n) is 11.6. The number of hydrogen-bond acceptors (Lipinski definition) is 6. The highest BCUT2D eigenvalue weighted by molar-refractivity contribution is 6.71. The largest absolute Gasteiger partial charge is 0.409 e. The van der Waals surface area contributed by atoms with E-state index in [1.54, 1.807) is 0 Å². The lowest BCUT2D eigenvalue weighted by Gasteiger charge is -2.50. The lowest BCUT2D eigenvalue weighted by Crippen LogP contribution is -2.68. The minimum Gasteiger partial charge on any atom is -0.409 e. The summed E-state index contributed by atoms with van der Waals surface area (Å²) in [6.45, 7) is 25.2. The molecule has 1 aliphatic rings. The number of carbonyl (C=O) groups is 1. The number of hydrogen-bond donors (Lipinski definition) is 1. The fourth-order valence-corrected chi connectivity index (χ4v) is 7.20. The summed E-state index contributed by atoms with van der Waals surface area (Å²) >= 11 is 0. The van der Waals surface area contributed by atoms with Crippen LogP contribution < -0.4 is 5.73 Å². The number of amides is 1. The van der Waals surface area contributed by atoms with Crippen LogP contribution in [0.1, 0.15) is 0 Å². The van der Waals surface area contributed by atoms with Crippen LogP contribution in [0.3, 0.4) is 0 Å². The van der Waals surface area contributed by atoms with Gasteiger partial charge in [-0.3, -0.25) is 4.79 Å². The molecule has 2 N–H and O–H groups in total. The Bertz CT molecular complexity index is 565. The van der Waals surface area contributed by atoms with Crippen molar-refractivity contribution in [3.63, 3.8) is 0 Å². The van der Waals surface area contributed by atoms with Crippen LogP contribution in [0, 0.1) is 0 Å². The highest BCUT2D eigenvalue weighted by atomic mass is 28.4. The summed E-state index contributed by atoms with van der Waals surface area (Å²) in [4.78, 5) is 12.4. The van der Waals surface area contributed by atoms with Crippen LogP contribution in [0.5, 0.6) is 0 Å². The Morgan fingerprint density at radius 3 is 1.31 bits per heavy atom. The van der Waals surface area contributed by atoms with Gasteiger partial charge in [-0.15, -0.1) is 0 Å². The third-order valence-electron chi connectivity index (χ3n) is 3.71. The molecule has 29 heavy (non-hydrogen) atoms. The molecule has 1 heterocycles. The maximum absolute atomic E-state index is 12.4. The van der Waals surface area contributed by atoms with Crippen molar-refractivity contribution < 1.29 is 27.2 Å². The first-order chi connectivity index (χ1) is 12.7. The average Bonchev–Trinajstić information content (AvgIpc) is 2.39. The monoisotopic (exact) mass is 481 g/mol. The van der Waals surface area contributed by atoms with Crippen molar-refractivity contribution in [2.24, 2.45) is 5.73 Å². The van der Waals surface area contributed by atoms with Crippen molar-refractivity contribution in [1.82, 2.24) is 0 Å². The topological polar surface area (TPSA) is 89.2 Å². The van der Waals surface area contributed by atoms with Gasteiger partial charge >= 0.3 is 0 Å². The summed E-state index contributed by atoms with van der Waals surface area (Å²) in [7, 11) is -8.04. The van der Waals surface area contributed by atoms with Crippen molar-refractivity contribution in [2.45, 2.75) is 109 Å². The van der Waals surface area contributed by atoms with E-state index in [-0.39, 0.29) is 0 Å². The zero-order valence-corrected chi connectivity index (χ0v) is 24.4. The highest BCUT2D eigenvalue weighted by Gasteiger charge is 2.54. The molecule has 0 saturated carbocycles. The van der Waals surface area contributed by atoms with Crippen molar-refractivity contribution in [1.29, 1.82) is 0 Å². The molecule has 0 spiro atoms. The fourth-order valence-electron chi connectivity index (χ4n) is 3.10. The number of ether oxygens (including phenoxy) is 1. The zero-order valence-electron chi connectivity index (χ0n) is 20.4. The van der Waals surface area contributed by atoms with Crippen molar-refractivity contribution in [3.05, 3.63) is 0 Å². The summed E-state index contributed by atoms with van der Waals surface area (Å²) in [6.07, 6.45) is -3.22. The Hall–Kier alpha value is 0.138. The van der Waals surface area contributed by atoms with Crippen LogP contribution in [0.15, 0.2) is 0 Å². The molecule has 5 atom stereocenters. The Morgan fingerprint density at radius 1 is 0.621 bits per heavy atom. The second kappa shape index (κ2) is 9.33. The summed E-state index contributed by atoms with van der Waals surface area (Å²) < 4.78 is 32.1. The molecule has 1 saturated heterocycles. The van der Waals surface area contributed by atoms with E-state index >= 15 is 0 Å². The molecular formula is C18H43NO6Si4. The Labute approximate surface area is 181 Å². The molecule has 0 aromatic heterocycles. The van der Waals surface area contributed by atoms with E-state index in [1.807, 2.05) is 0 Å². The molecular weight excluding hydrogens is 439 g/mol. The molecule has 1 aliphatic heterocycles. The van der Waals surface area contributed by atoms with Crippen molar-refractivity contribution in [2.75, 3.05) is 0 Å². The van der Waals surface area contributed by atoms with E-state index in [2.05, 4.69) is 78.6 Å². The van der Waals surface area contributed by atoms with Crippen molar-refractivity contribution >= 4 is 39.2 Å². The zero-order chi connectivity index (χ0) is 23.0. The molecule has 5 unspecified atom stereocenters. The van der Waals surface area contributed by atoms with Gasteiger partial charge < -0.3 is 28.2 Å². The van der Waals surface area contributed by atoms with Gasteiger partial charge in [-0.1, -0.05) is 0 Å². The highest BCUT2D eigenvalue weighted by Crippen LogP contribution is 2.35. The maximum atomic E-state index is 12.4. The molecule has 0 radical (unpaired) electrons. The molecule has 1 fully saturated rings. The predicted molar refractivity (Wildman–Crippen MR) is 127 cm³/mol. The molecule has 0 aromatic rings. The molecule has 1 amide bonds. The third-order valence-corrected chi connectivity index (χ3v) is 7.59. The average molecular weight is 482 g/mol. The Balaban J connectivity index is 3.50. The van der Waals surface area contributed by atoms with Crippen LogP contribution >= 0.6 is 0 Å². The van der Waals surface area contributed by atoms with Gasteiger partial charge in [0.05, 0.1) is 0 Å². The van der Waals surface area contributed by atoms with E-state index in [0.717, 1.165) is 0 Å². The first-order valence-electron chi connectivity index (χ1n) is 10.3. The SMILES string of the molecule is C[Si](C)(C)OC1OC(C(N)=O)C(O[Si](C)(C)C)C(O[Si](C)(C)C)C1O[Si](C)(C)C. The van der Waals surface area contributed by atoms with E-state index in [0.29, 0.717) is 0 Å². The van der Waals surface area contributed by atoms with Crippen LogP contribution in [0.4, 0.5) is 0 Å². The predicted octanol–water partition coefficient (Wildman–Crippen LogP) is 3.71. The lowest BCUT2D eigenvalue weighted by atomic mass is 9.98. The third kappa shape index (κ3) is 9.87. The van der Waals surface area contributed by atoms with E-state index in [9.17, 15) is 4.79 Å². The molecule has 0 bridgehead atoms. The van der Waals surface area contributed by atoms with Crippen LogP contribution in [0.25, 0.3) is 0 Å². The van der Waals surface area contributed by atoms with Crippen LogP contribution in [-0.2, 0) is 27.2 Å². The van der Waals surface area contributed by atoms with Gasteiger partial charge in [0, 0.05) is 0 Å². The first kappa shape index (κ1) is 27.2. The fraction of sp³-hybridized carbons (Fsp3) is 0.944. The van der Waals surface area contributed by atoms with Crippen LogP contribution in [-0.4, -0.2) is 69.9 Å². The van der Waals surface area contributed by atoms with Gasteiger partial charge in [0.2, 0.25) is 5.91 Å². The van der Waals surface area contributed by atoms with E-state index < -0.39 is 69.9 Å². The van der Waals surface area contributed by atoms with Gasteiger partial charge in [0.1, 0.15) is 18.3 Å². The molecule has 1 rings (SSSR count). The first-order valence-corrected chi connectivity index (χ1v) is 24.0. The molecule has 0 aromatic carbocycles. The molecule has 172 valence electrons. The van der Waals surface area contributed by atoms with Gasteiger partial charge in [-0.05, 0) is 78.6 Å². The number of primary amides is 1.